The predicted octanol–water partition coefficient (Wildman–Crippen LogP) is 3.66. The number of carbonyl (C=O) groups excluding carboxylic acids is 1. The van der Waals surface area contributed by atoms with Gasteiger partial charge in [0.15, 0.2) is 11.0 Å². The number of benzene rings is 1. The molecule has 1 N–H and O–H groups in total. The van der Waals surface area contributed by atoms with Gasteiger partial charge < -0.3 is 5.32 Å². The number of nitrogens with zero attached hydrogens (tertiary/aromatic N) is 2. The van der Waals surface area contributed by atoms with Crippen molar-refractivity contribution in [1.29, 1.82) is 0 Å². The molecule has 0 saturated heterocycles. The summed E-state index contributed by atoms with van der Waals surface area (Å²) in [6.45, 7) is 4.09. The van der Waals surface area contributed by atoms with E-state index < -0.39 is 0 Å². The highest BCUT2D eigenvalue weighted by molar-refractivity contribution is 6.32. The smallest absolute Gasteiger partial charge is 0.225 e. The molecule has 0 aliphatic carbocycles. The van der Waals surface area contributed by atoms with Gasteiger partial charge in [-0.2, -0.15) is 0 Å². The highest BCUT2D eigenvalue weighted by atomic mass is 35.5. The van der Waals surface area contributed by atoms with Crippen molar-refractivity contribution in [2.45, 2.75) is 26.7 Å². The molecular weight excluding hydrogens is 262 g/mol. The topological polar surface area (TPSA) is 54.9 Å². The van der Waals surface area contributed by atoms with Gasteiger partial charge in [-0.15, -0.1) is 0 Å². The van der Waals surface area contributed by atoms with Gasteiger partial charge in [0.05, 0.1) is 11.0 Å². The van der Waals surface area contributed by atoms with Crippen LogP contribution in [0, 0.1) is 5.92 Å². The Morgan fingerprint density at radius 2 is 1.95 bits per heavy atom. The molecule has 1 aromatic carbocycles. The summed E-state index contributed by atoms with van der Waals surface area (Å²) in [6.07, 6.45) is 1.42. The van der Waals surface area contributed by atoms with E-state index in [9.17, 15) is 4.79 Å². The molecule has 1 amide bonds. The van der Waals surface area contributed by atoms with Gasteiger partial charge in [-0.1, -0.05) is 44.0 Å². The number of hydrogen-bond donors (Lipinski definition) is 1. The van der Waals surface area contributed by atoms with Crippen LogP contribution < -0.4 is 5.32 Å². The van der Waals surface area contributed by atoms with Gasteiger partial charge in [0.25, 0.3) is 0 Å². The Morgan fingerprint density at radius 3 is 2.58 bits per heavy atom. The highest BCUT2D eigenvalue weighted by Gasteiger charge is 2.12. The van der Waals surface area contributed by atoms with Gasteiger partial charge in [0.2, 0.25) is 5.91 Å². The molecule has 0 bridgehead atoms. The molecule has 0 radical (unpaired) electrons. The molecule has 0 aliphatic heterocycles. The number of para-hydroxylation sites is 2. The third-order valence-electron chi connectivity index (χ3n) is 3.02. The zero-order valence-corrected chi connectivity index (χ0v) is 11.7. The average molecular weight is 278 g/mol. The van der Waals surface area contributed by atoms with E-state index >= 15 is 0 Å². The third kappa shape index (κ3) is 3.41. The van der Waals surface area contributed by atoms with Crippen LogP contribution >= 0.6 is 11.6 Å². The Hall–Kier alpha value is -1.68. The lowest BCUT2D eigenvalue weighted by Crippen LogP contribution is -2.16. The van der Waals surface area contributed by atoms with E-state index in [1.54, 1.807) is 0 Å². The molecule has 2 aromatic rings. The summed E-state index contributed by atoms with van der Waals surface area (Å²) < 4.78 is 0. The van der Waals surface area contributed by atoms with Crippen molar-refractivity contribution in [3.8, 4) is 0 Å². The number of aromatic nitrogens is 2. The molecular formula is C14H16ClN3O. The van der Waals surface area contributed by atoms with E-state index in [0.717, 1.165) is 6.42 Å². The number of rotatable bonds is 4. The van der Waals surface area contributed by atoms with E-state index in [1.807, 2.05) is 31.2 Å². The molecule has 4 nitrogen and oxygen atoms in total. The lowest BCUT2D eigenvalue weighted by molar-refractivity contribution is -0.117. The maximum atomic E-state index is 11.8. The van der Waals surface area contributed by atoms with E-state index in [1.165, 1.54) is 0 Å². The van der Waals surface area contributed by atoms with Crippen LogP contribution in [0.5, 0.6) is 0 Å². The summed E-state index contributed by atoms with van der Waals surface area (Å²) in [7, 11) is 0. The minimum absolute atomic E-state index is 0.0826. The predicted molar refractivity (Wildman–Crippen MR) is 77.2 cm³/mol. The van der Waals surface area contributed by atoms with Crippen LogP contribution in [0.3, 0.4) is 0 Å². The quantitative estimate of drug-likeness (QED) is 0.928. The van der Waals surface area contributed by atoms with Gasteiger partial charge in [-0.05, 0) is 18.1 Å². The maximum absolute atomic E-state index is 11.8. The van der Waals surface area contributed by atoms with Gasteiger partial charge in [-0.25, -0.2) is 9.97 Å². The van der Waals surface area contributed by atoms with Gasteiger partial charge in [0, 0.05) is 6.42 Å². The molecule has 2 rings (SSSR count). The van der Waals surface area contributed by atoms with E-state index in [-0.39, 0.29) is 11.1 Å². The average Bonchev–Trinajstić information content (AvgIpc) is 2.39. The van der Waals surface area contributed by atoms with Crippen LogP contribution in [0.2, 0.25) is 5.15 Å². The van der Waals surface area contributed by atoms with Crippen LogP contribution in [0.15, 0.2) is 24.3 Å². The first-order valence-electron chi connectivity index (χ1n) is 6.32. The Morgan fingerprint density at radius 1 is 1.32 bits per heavy atom. The molecule has 100 valence electrons. The van der Waals surface area contributed by atoms with Gasteiger partial charge in [-0.3, -0.25) is 4.79 Å². The fourth-order valence-corrected chi connectivity index (χ4v) is 1.88. The number of anilines is 1. The monoisotopic (exact) mass is 277 g/mol. The van der Waals surface area contributed by atoms with Crippen molar-refractivity contribution >= 4 is 34.4 Å². The second kappa shape index (κ2) is 5.97. The van der Waals surface area contributed by atoms with Crippen LogP contribution in [0.25, 0.3) is 11.0 Å². The molecule has 1 heterocycles. The fraction of sp³-hybridized carbons (Fsp3) is 0.357. The Bertz CT molecular complexity index is 600. The molecule has 19 heavy (non-hydrogen) atoms. The number of hydrogen-bond acceptors (Lipinski definition) is 3. The van der Waals surface area contributed by atoms with Crippen molar-refractivity contribution in [3.05, 3.63) is 29.4 Å². The zero-order chi connectivity index (χ0) is 13.8. The summed E-state index contributed by atoms with van der Waals surface area (Å²) in [5.74, 6) is 0.585. The first-order chi connectivity index (χ1) is 9.10. The fourth-order valence-electron chi connectivity index (χ4n) is 1.70. The Kier molecular flexibility index (Phi) is 4.32. The van der Waals surface area contributed by atoms with Crippen molar-refractivity contribution < 1.29 is 4.79 Å². The summed E-state index contributed by atoms with van der Waals surface area (Å²) in [5, 5.41) is 2.94. The molecule has 1 aromatic heterocycles. The molecule has 0 fully saturated rings. The van der Waals surface area contributed by atoms with Crippen molar-refractivity contribution in [3.63, 3.8) is 0 Å². The molecule has 0 aliphatic rings. The third-order valence-corrected chi connectivity index (χ3v) is 3.28. The van der Waals surface area contributed by atoms with Crippen LogP contribution in [-0.2, 0) is 4.79 Å². The standard InChI is InChI=1S/C14H16ClN3O/c1-3-9(2)8-12(19)18-14-13(15)16-10-6-4-5-7-11(10)17-14/h4-7,9H,3,8H2,1-2H3,(H,17,18,19). The highest BCUT2D eigenvalue weighted by Crippen LogP contribution is 2.21. The molecule has 0 saturated carbocycles. The second-order valence-corrected chi connectivity index (χ2v) is 4.98. The molecule has 1 unspecified atom stereocenters. The number of fused-ring (bicyclic) bond motifs is 1. The van der Waals surface area contributed by atoms with Crippen molar-refractivity contribution in [1.82, 2.24) is 9.97 Å². The number of halogens is 1. The van der Waals surface area contributed by atoms with Gasteiger partial charge in [0.1, 0.15) is 0 Å². The first-order valence-corrected chi connectivity index (χ1v) is 6.70. The minimum Gasteiger partial charge on any atom is -0.308 e. The van der Waals surface area contributed by atoms with Crippen LogP contribution in [-0.4, -0.2) is 15.9 Å². The lowest BCUT2D eigenvalue weighted by Gasteiger charge is -2.10. The number of carbonyl (C=O) groups is 1. The van der Waals surface area contributed by atoms with E-state index in [2.05, 4.69) is 22.2 Å². The molecule has 0 spiro atoms. The normalized spacial score (nSPS) is 12.4. The Balaban J connectivity index is 2.20. The second-order valence-electron chi connectivity index (χ2n) is 4.62. The summed E-state index contributed by atoms with van der Waals surface area (Å²) >= 11 is 6.03. The zero-order valence-electron chi connectivity index (χ0n) is 11.0. The SMILES string of the molecule is CCC(C)CC(=O)Nc1nc2ccccc2nc1Cl. The van der Waals surface area contributed by atoms with Crippen LogP contribution in [0.1, 0.15) is 26.7 Å². The molecule has 5 heteroatoms. The van der Waals surface area contributed by atoms with E-state index in [0.29, 0.717) is 29.2 Å². The molecule has 1 atom stereocenters. The first kappa shape index (κ1) is 13.7. The summed E-state index contributed by atoms with van der Waals surface area (Å²) in [6, 6.07) is 7.41. The van der Waals surface area contributed by atoms with Crippen molar-refractivity contribution in [2.75, 3.05) is 5.32 Å². The van der Waals surface area contributed by atoms with Gasteiger partial charge >= 0.3 is 0 Å². The number of nitrogens with one attached hydrogen (secondary N) is 1. The van der Waals surface area contributed by atoms with Crippen molar-refractivity contribution in [2.24, 2.45) is 5.92 Å². The van der Waals surface area contributed by atoms with E-state index in [4.69, 9.17) is 11.6 Å². The Labute approximate surface area is 117 Å². The largest absolute Gasteiger partial charge is 0.308 e. The number of amides is 1. The summed E-state index contributed by atoms with van der Waals surface area (Å²) in [4.78, 5) is 20.4. The maximum Gasteiger partial charge on any atom is 0.225 e. The lowest BCUT2D eigenvalue weighted by atomic mass is 10.1. The van der Waals surface area contributed by atoms with Crippen LogP contribution in [0.4, 0.5) is 5.82 Å². The minimum atomic E-state index is -0.0826. The summed E-state index contributed by atoms with van der Waals surface area (Å²) in [5.41, 5.74) is 1.43.